The summed E-state index contributed by atoms with van der Waals surface area (Å²) in [5, 5.41) is 11.4. The summed E-state index contributed by atoms with van der Waals surface area (Å²) in [7, 11) is 0. The molecular weight excluding hydrogens is 338 g/mol. The van der Waals surface area contributed by atoms with Gasteiger partial charge >= 0.3 is 0 Å². The number of amides is 1. The van der Waals surface area contributed by atoms with Crippen LogP contribution < -0.4 is 5.32 Å². The molecule has 1 saturated carbocycles. The lowest BCUT2D eigenvalue weighted by Gasteiger charge is -2.27. The average Bonchev–Trinajstić information content (AvgIpc) is 3.34. The summed E-state index contributed by atoms with van der Waals surface area (Å²) < 4.78 is 2.01. The maximum Gasteiger partial charge on any atom is 0.228 e. The first-order chi connectivity index (χ1) is 13.1. The molecular formula is C21H29N5O. The third-order valence-corrected chi connectivity index (χ3v) is 6.25. The van der Waals surface area contributed by atoms with Gasteiger partial charge in [0.05, 0.1) is 12.0 Å². The van der Waals surface area contributed by atoms with Gasteiger partial charge in [0.15, 0.2) is 5.82 Å². The minimum atomic E-state index is -0.239. The van der Waals surface area contributed by atoms with Gasteiger partial charge in [0.1, 0.15) is 6.33 Å². The first-order valence-corrected chi connectivity index (χ1v) is 10.0. The highest BCUT2D eigenvalue weighted by molar-refractivity contribution is 5.84. The fourth-order valence-corrected chi connectivity index (χ4v) is 4.89. The van der Waals surface area contributed by atoms with Crippen LogP contribution in [-0.4, -0.2) is 38.7 Å². The zero-order valence-corrected chi connectivity index (χ0v) is 16.3. The van der Waals surface area contributed by atoms with E-state index in [0.717, 1.165) is 44.7 Å². The van der Waals surface area contributed by atoms with Crippen LogP contribution in [0.1, 0.15) is 50.5 Å². The molecule has 0 spiro atoms. The van der Waals surface area contributed by atoms with Crippen LogP contribution in [0.2, 0.25) is 0 Å². The van der Waals surface area contributed by atoms with Gasteiger partial charge in [0.25, 0.3) is 0 Å². The predicted molar refractivity (Wildman–Crippen MR) is 104 cm³/mol. The van der Waals surface area contributed by atoms with E-state index in [1.54, 1.807) is 6.33 Å². The molecule has 6 heteroatoms. The largest absolute Gasteiger partial charge is 0.348 e. The normalized spacial score (nSPS) is 25.1. The van der Waals surface area contributed by atoms with Gasteiger partial charge in [0.2, 0.25) is 5.91 Å². The molecule has 1 aliphatic heterocycles. The summed E-state index contributed by atoms with van der Waals surface area (Å²) in [6, 6.07) is 10.8. The summed E-state index contributed by atoms with van der Waals surface area (Å²) >= 11 is 0. The van der Waals surface area contributed by atoms with Crippen molar-refractivity contribution in [3.8, 4) is 0 Å². The minimum absolute atomic E-state index is 0.193. The molecule has 0 radical (unpaired) electrons. The van der Waals surface area contributed by atoms with Gasteiger partial charge in [0, 0.05) is 25.7 Å². The summed E-state index contributed by atoms with van der Waals surface area (Å²) in [5.74, 6) is 1.48. The molecule has 27 heavy (non-hydrogen) atoms. The Bertz CT molecular complexity index is 787. The number of nitrogens with one attached hydrogen (secondary N) is 1. The first-order valence-electron chi connectivity index (χ1n) is 10.0. The van der Waals surface area contributed by atoms with E-state index in [4.69, 9.17) is 0 Å². The summed E-state index contributed by atoms with van der Waals surface area (Å²) in [6.45, 7) is 7.44. The van der Waals surface area contributed by atoms with Gasteiger partial charge in [-0.05, 0) is 38.2 Å². The van der Waals surface area contributed by atoms with Crippen molar-refractivity contribution in [1.82, 2.24) is 25.0 Å². The molecule has 0 bridgehead atoms. The zero-order valence-electron chi connectivity index (χ0n) is 16.3. The second-order valence-electron chi connectivity index (χ2n) is 8.33. The molecule has 1 aliphatic carbocycles. The topological polar surface area (TPSA) is 63.1 Å². The molecule has 2 heterocycles. The number of likely N-dealkylation sites (tertiary alicyclic amines) is 1. The number of rotatable bonds is 6. The van der Waals surface area contributed by atoms with E-state index in [9.17, 15) is 4.79 Å². The van der Waals surface area contributed by atoms with Crippen LogP contribution in [0.25, 0.3) is 0 Å². The van der Waals surface area contributed by atoms with Gasteiger partial charge in [-0.25, -0.2) is 0 Å². The molecule has 2 atom stereocenters. The van der Waals surface area contributed by atoms with E-state index in [2.05, 4.69) is 58.5 Å². The number of hydrogen-bond donors (Lipinski definition) is 1. The number of nitrogens with zero attached hydrogens (tertiary/aromatic N) is 4. The second kappa shape index (κ2) is 7.43. The van der Waals surface area contributed by atoms with Crippen LogP contribution in [0.5, 0.6) is 0 Å². The number of carbonyl (C=O) groups is 1. The molecule has 0 unspecified atom stereocenters. The van der Waals surface area contributed by atoms with Crippen molar-refractivity contribution in [1.29, 1.82) is 0 Å². The molecule has 1 aromatic carbocycles. The van der Waals surface area contributed by atoms with Gasteiger partial charge < -0.3 is 9.88 Å². The Hall–Kier alpha value is -2.21. The van der Waals surface area contributed by atoms with Crippen molar-refractivity contribution in [2.24, 2.45) is 11.3 Å². The Morgan fingerprint density at radius 1 is 1.33 bits per heavy atom. The summed E-state index contributed by atoms with van der Waals surface area (Å²) in [5.41, 5.74) is 1.08. The molecule has 1 amide bonds. The molecule has 144 valence electrons. The van der Waals surface area contributed by atoms with Crippen molar-refractivity contribution in [2.45, 2.75) is 52.2 Å². The number of carbonyl (C=O) groups excluding carboxylic acids is 1. The number of hydrogen-bond acceptors (Lipinski definition) is 4. The van der Waals surface area contributed by atoms with Gasteiger partial charge in [-0.3, -0.25) is 9.69 Å². The smallest absolute Gasteiger partial charge is 0.228 e. The maximum absolute atomic E-state index is 13.2. The second-order valence-corrected chi connectivity index (χ2v) is 8.33. The first kappa shape index (κ1) is 18.2. The van der Waals surface area contributed by atoms with Crippen LogP contribution >= 0.6 is 0 Å². The average molecular weight is 367 g/mol. The molecule has 2 fully saturated rings. The quantitative estimate of drug-likeness (QED) is 0.853. The molecule has 6 nitrogen and oxygen atoms in total. The Morgan fingerprint density at radius 3 is 2.93 bits per heavy atom. The monoisotopic (exact) mass is 367 g/mol. The zero-order chi connectivity index (χ0) is 18.9. The van der Waals surface area contributed by atoms with Gasteiger partial charge in [-0.15, -0.1) is 10.2 Å². The van der Waals surface area contributed by atoms with Crippen molar-refractivity contribution in [3.63, 3.8) is 0 Å². The SMILES string of the molecule is CC(C)n1cnnc1CNC(=O)[C@@]12CCC[C@@H]1CN(Cc1ccccc1)C2. The van der Waals surface area contributed by atoms with E-state index in [1.165, 1.54) is 5.56 Å². The highest BCUT2D eigenvalue weighted by Crippen LogP contribution is 2.49. The number of fused-ring (bicyclic) bond motifs is 1. The van der Waals surface area contributed by atoms with E-state index >= 15 is 0 Å². The van der Waals surface area contributed by atoms with E-state index in [0.29, 0.717) is 12.5 Å². The predicted octanol–water partition coefficient (Wildman–Crippen LogP) is 2.78. The lowest BCUT2D eigenvalue weighted by Crippen LogP contribution is -2.44. The summed E-state index contributed by atoms with van der Waals surface area (Å²) in [4.78, 5) is 15.7. The van der Waals surface area contributed by atoms with Crippen LogP contribution in [0.15, 0.2) is 36.7 Å². The van der Waals surface area contributed by atoms with E-state index in [-0.39, 0.29) is 17.4 Å². The van der Waals surface area contributed by atoms with Crippen LogP contribution in [0.3, 0.4) is 0 Å². The van der Waals surface area contributed by atoms with Crippen LogP contribution in [0.4, 0.5) is 0 Å². The summed E-state index contributed by atoms with van der Waals surface area (Å²) in [6.07, 6.45) is 5.03. The fraction of sp³-hybridized carbons (Fsp3) is 0.571. The standard InChI is InChI=1S/C21H29N5O/c1-16(2)26-15-23-24-19(26)11-22-20(27)21-10-6-9-18(21)13-25(14-21)12-17-7-4-3-5-8-17/h3-5,7-8,15-16,18H,6,9-14H2,1-2H3,(H,22,27)/t18-,21-/m1/s1. The Morgan fingerprint density at radius 2 is 2.15 bits per heavy atom. The van der Waals surface area contributed by atoms with Crippen molar-refractivity contribution >= 4 is 5.91 Å². The lowest BCUT2D eigenvalue weighted by molar-refractivity contribution is -0.131. The van der Waals surface area contributed by atoms with E-state index in [1.807, 2.05) is 10.6 Å². The molecule has 2 aliphatic rings. The van der Waals surface area contributed by atoms with Gasteiger partial charge in [-0.2, -0.15) is 0 Å². The third kappa shape index (κ3) is 3.50. The highest BCUT2D eigenvalue weighted by atomic mass is 16.2. The highest BCUT2D eigenvalue weighted by Gasteiger charge is 2.54. The molecule has 2 aromatic rings. The van der Waals surface area contributed by atoms with Crippen LogP contribution in [-0.2, 0) is 17.9 Å². The van der Waals surface area contributed by atoms with Crippen molar-refractivity contribution < 1.29 is 4.79 Å². The van der Waals surface area contributed by atoms with Gasteiger partial charge in [-0.1, -0.05) is 36.8 Å². The molecule has 4 rings (SSSR count). The number of aromatic nitrogens is 3. The van der Waals surface area contributed by atoms with Crippen LogP contribution in [0, 0.1) is 11.3 Å². The van der Waals surface area contributed by atoms with Crippen molar-refractivity contribution in [3.05, 3.63) is 48.0 Å². The van der Waals surface area contributed by atoms with Crippen molar-refractivity contribution in [2.75, 3.05) is 13.1 Å². The molecule has 1 N–H and O–H groups in total. The maximum atomic E-state index is 13.2. The Balaban J connectivity index is 1.43. The Labute approximate surface area is 161 Å². The third-order valence-electron chi connectivity index (χ3n) is 6.25. The molecule has 1 aromatic heterocycles. The fourth-order valence-electron chi connectivity index (χ4n) is 4.89. The van der Waals surface area contributed by atoms with E-state index < -0.39 is 0 Å². The Kier molecular flexibility index (Phi) is 5.00. The minimum Gasteiger partial charge on any atom is -0.348 e. The lowest BCUT2D eigenvalue weighted by atomic mass is 9.80. The number of benzene rings is 1. The molecule has 1 saturated heterocycles.